The van der Waals surface area contributed by atoms with Crippen LogP contribution in [0.3, 0.4) is 0 Å². The fraction of sp³-hybridized carbons (Fsp3) is 0.385. The minimum Gasteiger partial charge on any atom is -0.334 e. The van der Waals surface area contributed by atoms with E-state index in [2.05, 4.69) is 6.08 Å². The van der Waals surface area contributed by atoms with Crippen LogP contribution in [0.25, 0.3) is 0 Å². The molecule has 4 nitrogen and oxygen atoms in total. The van der Waals surface area contributed by atoms with Gasteiger partial charge in [0.25, 0.3) is 11.5 Å². The average Bonchev–Trinajstić information content (AvgIpc) is 2.32. The average molecular weight is 232 g/mol. The molecule has 0 aromatic carbocycles. The summed E-state index contributed by atoms with van der Waals surface area (Å²) >= 11 is 0. The zero-order valence-electron chi connectivity index (χ0n) is 10.1. The number of hydrogen-bond donors (Lipinski definition) is 0. The second-order valence-corrected chi connectivity index (χ2v) is 4.43. The van der Waals surface area contributed by atoms with Gasteiger partial charge in [-0.25, -0.2) is 0 Å². The molecule has 0 bridgehead atoms. The van der Waals surface area contributed by atoms with E-state index in [0.717, 1.165) is 13.0 Å². The van der Waals surface area contributed by atoms with E-state index >= 15 is 0 Å². The summed E-state index contributed by atoms with van der Waals surface area (Å²) < 4.78 is 1.46. The first-order chi connectivity index (χ1) is 8.08. The molecule has 0 saturated carbocycles. The molecule has 1 aliphatic rings. The fourth-order valence-corrected chi connectivity index (χ4v) is 1.95. The standard InChI is InChI=1S/C13H16N2O2/c1-10-4-3-6-15(9-10)13(17)11-5-7-14(2)12(16)8-11/h4-5,7-8H,3,6,9H2,1-2H3. The summed E-state index contributed by atoms with van der Waals surface area (Å²) in [5.41, 5.74) is 1.52. The number of aromatic nitrogens is 1. The van der Waals surface area contributed by atoms with Gasteiger partial charge >= 0.3 is 0 Å². The molecule has 1 aliphatic heterocycles. The van der Waals surface area contributed by atoms with Gasteiger partial charge in [0.1, 0.15) is 0 Å². The van der Waals surface area contributed by atoms with Crippen LogP contribution in [-0.2, 0) is 7.05 Å². The summed E-state index contributed by atoms with van der Waals surface area (Å²) in [7, 11) is 1.67. The number of hydrogen-bond acceptors (Lipinski definition) is 2. The summed E-state index contributed by atoms with van der Waals surface area (Å²) in [6.07, 6.45) is 4.67. The monoisotopic (exact) mass is 232 g/mol. The number of carbonyl (C=O) groups is 1. The minimum atomic E-state index is -0.153. The largest absolute Gasteiger partial charge is 0.334 e. The van der Waals surface area contributed by atoms with E-state index in [1.807, 2.05) is 6.92 Å². The lowest BCUT2D eigenvalue weighted by Crippen LogP contribution is -2.36. The van der Waals surface area contributed by atoms with E-state index in [1.54, 1.807) is 24.2 Å². The SMILES string of the molecule is CC1=CCCN(C(=O)c2ccn(C)c(=O)c2)C1. The maximum absolute atomic E-state index is 12.2. The summed E-state index contributed by atoms with van der Waals surface area (Å²) in [5.74, 6) is -0.0600. The van der Waals surface area contributed by atoms with Gasteiger partial charge in [-0.1, -0.05) is 11.6 Å². The second kappa shape index (κ2) is 4.57. The molecule has 1 aromatic heterocycles. The first-order valence-corrected chi connectivity index (χ1v) is 5.69. The Morgan fingerprint density at radius 1 is 1.41 bits per heavy atom. The third-order valence-corrected chi connectivity index (χ3v) is 2.97. The Balaban J connectivity index is 2.22. The van der Waals surface area contributed by atoms with Crippen molar-refractivity contribution in [3.8, 4) is 0 Å². The Kier molecular flexibility index (Phi) is 3.13. The van der Waals surface area contributed by atoms with Crippen molar-refractivity contribution in [3.05, 3.63) is 45.9 Å². The van der Waals surface area contributed by atoms with Crippen LogP contribution in [0.1, 0.15) is 23.7 Å². The molecular formula is C13H16N2O2. The Hall–Kier alpha value is -1.84. The number of rotatable bonds is 1. The number of pyridine rings is 1. The molecule has 4 heteroatoms. The van der Waals surface area contributed by atoms with Crippen LogP contribution in [0.5, 0.6) is 0 Å². The highest BCUT2D eigenvalue weighted by Gasteiger charge is 2.18. The van der Waals surface area contributed by atoms with Gasteiger partial charge in [0.2, 0.25) is 0 Å². The Morgan fingerprint density at radius 3 is 2.82 bits per heavy atom. The summed E-state index contributed by atoms with van der Waals surface area (Å²) in [4.78, 5) is 25.4. The topological polar surface area (TPSA) is 42.3 Å². The zero-order chi connectivity index (χ0) is 12.4. The number of aryl methyl sites for hydroxylation is 1. The van der Waals surface area contributed by atoms with Crippen LogP contribution >= 0.6 is 0 Å². The lowest BCUT2D eigenvalue weighted by molar-refractivity contribution is 0.0765. The highest BCUT2D eigenvalue weighted by molar-refractivity contribution is 5.94. The van der Waals surface area contributed by atoms with Crippen molar-refractivity contribution < 1.29 is 4.79 Å². The van der Waals surface area contributed by atoms with Crippen molar-refractivity contribution >= 4 is 5.91 Å². The van der Waals surface area contributed by atoms with Crippen LogP contribution in [0.15, 0.2) is 34.8 Å². The molecule has 90 valence electrons. The van der Waals surface area contributed by atoms with E-state index in [0.29, 0.717) is 12.1 Å². The summed E-state index contributed by atoms with van der Waals surface area (Å²) in [6, 6.07) is 3.09. The predicted molar refractivity (Wildman–Crippen MR) is 66.0 cm³/mol. The maximum Gasteiger partial charge on any atom is 0.254 e. The summed E-state index contributed by atoms with van der Waals surface area (Å²) in [5, 5.41) is 0. The van der Waals surface area contributed by atoms with Crippen LogP contribution in [0, 0.1) is 0 Å². The van der Waals surface area contributed by atoms with Crippen LogP contribution < -0.4 is 5.56 Å². The Morgan fingerprint density at radius 2 is 2.18 bits per heavy atom. The zero-order valence-corrected chi connectivity index (χ0v) is 10.1. The third kappa shape index (κ3) is 2.46. The maximum atomic E-state index is 12.2. The van der Waals surface area contributed by atoms with Gasteiger partial charge in [-0.2, -0.15) is 0 Å². The number of amides is 1. The molecule has 2 rings (SSSR count). The molecule has 0 unspecified atom stereocenters. The van der Waals surface area contributed by atoms with Gasteiger partial charge in [-0.3, -0.25) is 9.59 Å². The van der Waals surface area contributed by atoms with Crippen molar-refractivity contribution in [2.75, 3.05) is 13.1 Å². The highest BCUT2D eigenvalue weighted by Crippen LogP contribution is 2.12. The normalized spacial score (nSPS) is 15.6. The molecular weight excluding hydrogens is 216 g/mol. The third-order valence-electron chi connectivity index (χ3n) is 2.97. The molecule has 2 heterocycles. The molecule has 1 aromatic rings. The molecule has 0 N–H and O–H groups in total. The molecule has 0 atom stereocenters. The van der Waals surface area contributed by atoms with Crippen molar-refractivity contribution in [3.63, 3.8) is 0 Å². The van der Waals surface area contributed by atoms with Gasteiger partial charge in [0.15, 0.2) is 0 Å². The quantitative estimate of drug-likeness (QED) is 0.682. The first-order valence-electron chi connectivity index (χ1n) is 5.69. The minimum absolute atomic E-state index is 0.0600. The van der Waals surface area contributed by atoms with Crippen LogP contribution in [0.2, 0.25) is 0 Å². The van der Waals surface area contributed by atoms with E-state index in [-0.39, 0.29) is 11.5 Å². The Labute approximate surface area is 100 Å². The highest BCUT2D eigenvalue weighted by atomic mass is 16.2. The number of carbonyl (C=O) groups excluding carboxylic acids is 1. The van der Waals surface area contributed by atoms with Crippen LogP contribution in [0.4, 0.5) is 0 Å². The molecule has 17 heavy (non-hydrogen) atoms. The lowest BCUT2D eigenvalue weighted by atomic mass is 10.1. The molecule has 1 amide bonds. The summed E-state index contributed by atoms with van der Waals surface area (Å²) in [6.45, 7) is 3.41. The lowest BCUT2D eigenvalue weighted by Gasteiger charge is -2.26. The van der Waals surface area contributed by atoms with Gasteiger partial charge in [-0.05, 0) is 19.4 Å². The van der Waals surface area contributed by atoms with Crippen molar-refractivity contribution in [2.45, 2.75) is 13.3 Å². The predicted octanol–water partition coefficient (Wildman–Crippen LogP) is 1.18. The van der Waals surface area contributed by atoms with E-state index in [1.165, 1.54) is 16.2 Å². The van der Waals surface area contributed by atoms with Gasteiger partial charge in [-0.15, -0.1) is 0 Å². The van der Waals surface area contributed by atoms with E-state index < -0.39 is 0 Å². The number of nitrogens with zero attached hydrogens (tertiary/aromatic N) is 2. The molecule has 0 radical (unpaired) electrons. The fourth-order valence-electron chi connectivity index (χ4n) is 1.95. The second-order valence-electron chi connectivity index (χ2n) is 4.43. The van der Waals surface area contributed by atoms with Crippen LogP contribution in [-0.4, -0.2) is 28.5 Å². The molecule has 0 fully saturated rings. The van der Waals surface area contributed by atoms with Gasteiger partial charge < -0.3 is 9.47 Å². The first kappa shape index (κ1) is 11.6. The van der Waals surface area contributed by atoms with Gasteiger partial charge in [0.05, 0.1) is 0 Å². The molecule has 0 spiro atoms. The van der Waals surface area contributed by atoms with E-state index in [9.17, 15) is 9.59 Å². The smallest absolute Gasteiger partial charge is 0.254 e. The van der Waals surface area contributed by atoms with Crippen molar-refractivity contribution in [1.82, 2.24) is 9.47 Å². The van der Waals surface area contributed by atoms with Crippen molar-refractivity contribution in [1.29, 1.82) is 0 Å². The van der Waals surface area contributed by atoms with E-state index in [4.69, 9.17) is 0 Å². The van der Waals surface area contributed by atoms with Gasteiger partial charge in [0, 0.05) is 38.0 Å². The molecule has 0 saturated heterocycles. The van der Waals surface area contributed by atoms with Crippen molar-refractivity contribution in [2.24, 2.45) is 7.05 Å². The Bertz CT molecular complexity index is 528. The molecule has 0 aliphatic carbocycles.